The van der Waals surface area contributed by atoms with Crippen LogP contribution < -0.4 is 9.64 Å². The number of halogens is 1. The lowest BCUT2D eigenvalue weighted by atomic mass is 10.2. The molecule has 0 amide bonds. The smallest absolute Gasteiger partial charge is 0.135 e. The van der Waals surface area contributed by atoms with Gasteiger partial charge in [-0.2, -0.15) is 0 Å². The van der Waals surface area contributed by atoms with E-state index in [4.69, 9.17) is 23.9 Å². The van der Waals surface area contributed by atoms with Crippen LogP contribution in [0.4, 0.5) is 5.69 Å². The molecule has 88 valence electrons. The molecule has 0 radical (unpaired) electrons. The fraction of sp³-hybridized carbons (Fsp3) is 0.500. The highest BCUT2D eigenvalue weighted by Crippen LogP contribution is 2.29. The van der Waals surface area contributed by atoms with Gasteiger partial charge in [0.1, 0.15) is 5.75 Å². The molecule has 0 aromatic heterocycles. The van der Waals surface area contributed by atoms with Gasteiger partial charge in [-0.05, 0) is 35.0 Å². The summed E-state index contributed by atoms with van der Waals surface area (Å²) >= 11 is 3.03. The van der Waals surface area contributed by atoms with Crippen LogP contribution >= 0.6 is 15.9 Å². The van der Waals surface area contributed by atoms with E-state index in [1.165, 1.54) is 6.07 Å². The molecule has 0 bridgehead atoms. The van der Waals surface area contributed by atoms with E-state index in [1.54, 1.807) is 0 Å². The maximum atomic E-state index is 8.23. The SMILES string of the molecule is [2H]C([2H])([2H])Oc1cc(N2C([2H])([2H])C([2H])([2H])N(C([2H])([2H])[2H])C([2H])([2H])C2([2H])[2H])ccc1Br. The first-order valence-electron chi connectivity index (χ1n) is 11.2. The van der Waals surface area contributed by atoms with Crippen molar-refractivity contribution in [3.8, 4) is 5.75 Å². The van der Waals surface area contributed by atoms with Gasteiger partial charge < -0.3 is 14.5 Å². The molecule has 0 unspecified atom stereocenters. The molecule has 0 N–H and O–H groups in total. The highest BCUT2D eigenvalue weighted by atomic mass is 79.9. The molecule has 1 aliphatic rings. The van der Waals surface area contributed by atoms with Crippen molar-refractivity contribution in [1.82, 2.24) is 4.90 Å². The molecule has 0 spiro atoms. The summed E-state index contributed by atoms with van der Waals surface area (Å²) in [6, 6.07) is 3.16. The summed E-state index contributed by atoms with van der Waals surface area (Å²) in [5, 5.41) is 0. The Morgan fingerprint density at radius 2 is 2.19 bits per heavy atom. The van der Waals surface area contributed by atoms with Crippen molar-refractivity contribution >= 4 is 21.6 Å². The average Bonchev–Trinajstić information content (AvgIpc) is 2.45. The van der Waals surface area contributed by atoms with Crippen molar-refractivity contribution in [3.05, 3.63) is 22.7 Å². The minimum atomic E-state index is -3.54. The number of rotatable bonds is 2. The summed E-state index contributed by atoms with van der Waals surface area (Å²) < 4.78 is 114. The number of benzene rings is 1. The third-order valence-corrected chi connectivity index (χ3v) is 2.49. The zero-order valence-corrected chi connectivity index (χ0v) is 9.50. The quantitative estimate of drug-likeness (QED) is 0.833. The highest BCUT2D eigenvalue weighted by Gasteiger charge is 2.15. The van der Waals surface area contributed by atoms with Gasteiger partial charge in [0.05, 0.1) is 21.1 Å². The van der Waals surface area contributed by atoms with E-state index in [9.17, 15) is 0 Å². The summed E-state index contributed by atoms with van der Waals surface area (Å²) in [4.78, 5) is -0.330. The second kappa shape index (κ2) is 5.06. The van der Waals surface area contributed by atoms with Gasteiger partial charge in [0, 0.05) is 47.3 Å². The first-order chi connectivity index (χ1) is 13.1. The molecular weight excluding hydrogens is 268 g/mol. The van der Waals surface area contributed by atoms with E-state index in [0.717, 1.165) is 12.1 Å². The van der Waals surface area contributed by atoms with Crippen LogP contribution in [0.1, 0.15) is 19.2 Å². The maximum Gasteiger partial charge on any atom is 0.135 e. The summed E-state index contributed by atoms with van der Waals surface area (Å²) in [6.45, 7) is -17.4. The van der Waals surface area contributed by atoms with Crippen molar-refractivity contribution in [2.24, 2.45) is 0 Å². The minimum absolute atomic E-state index is 0.107. The zero-order chi connectivity index (χ0) is 23.7. The Labute approximate surface area is 125 Å². The van der Waals surface area contributed by atoms with E-state index < -0.39 is 50.6 Å². The normalized spacial score (nSPS) is 44.7. The number of hydrogen-bond acceptors (Lipinski definition) is 3. The van der Waals surface area contributed by atoms with Gasteiger partial charge in [-0.25, -0.2) is 0 Å². The van der Waals surface area contributed by atoms with Crippen molar-refractivity contribution in [1.29, 1.82) is 0 Å². The van der Waals surface area contributed by atoms with E-state index in [-0.39, 0.29) is 15.1 Å². The number of hydrogen-bond donors (Lipinski definition) is 0. The molecule has 2 rings (SSSR count). The third kappa shape index (κ3) is 2.50. The van der Waals surface area contributed by atoms with Crippen LogP contribution in [0.2, 0.25) is 0 Å². The van der Waals surface area contributed by atoms with Crippen LogP contribution in [0.25, 0.3) is 0 Å². The number of methoxy groups -OCH3 is 1. The van der Waals surface area contributed by atoms with E-state index in [0.29, 0.717) is 0 Å². The molecule has 1 aromatic rings. The molecule has 1 heterocycles. The van der Waals surface area contributed by atoms with Crippen LogP contribution in [0.15, 0.2) is 22.7 Å². The molecule has 1 aromatic carbocycles. The second-order valence-electron chi connectivity index (χ2n) is 2.83. The number of piperazine rings is 1. The molecule has 1 fully saturated rings. The molecule has 0 atom stereocenters. The first-order valence-corrected chi connectivity index (χ1v) is 4.97. The van der Waals surface area contributed by atoms with Gasteiger partial charge in [-0.15, -0.1) is 0 Å². The van der Waals surface area contributed by atoms with Crippen molar-refractivity contribution in [3.63, 3.8) is 0 Å². The lowest BCUT2D eigenvalue weighted by Crippen LogP contribution is -2.44. The van der Waals surface area contributed by atoms with E-state index in [1.807, 2.05) is 0 Å². The van der Waals surface area contributed by atoms with Crippen LogP contribution in [0.5, 0.6) is 5.75 Å². The minimum Gasteiger partial charge on any atom is -0.495 e. The maximum absolute atomic E-state index is 8.23. The lowest BCUT2D eigenvalue weighted by Gasteiger charge is -2.34. The monoisotopic (exact) mass is 298 g/mol. The topological polar surface area (TPSA) is 15.7 Å². The van der Waals surface area contributed by atoms with Gasteiger partial charge in [-0.3, -0.25) is 0 Å². The second-order valence-corrected chi connectivity index (χ2v) is 3.69. The van der Waals surface area contributed by atoms with E-state index >= 15 is 0 Å². The van der Waals surface area contributed by atoms with Crippen LogP contribution in [0.3, 0.4) is 0 Å². The fourth-order valence-electron chi connectivity index (χ4n) is 1.09. The lowest BCUT2D eigenvalue weighted by molar-refractivity contribution is 0.312. The zero-order valence-electron chi connectivity index (χ0n) is 21.9. The van der Waals surface area contributed by atoms with Gasteiger partial charge in [0.15, 0.2) is 0 Å². The summed E-state index contributed by atoms with van der Waals surface area (Å²) in [7, 11) is -2.91. The van der Waals surface area contributed by atoms with Crippen LogP contribution in [-0.2, 0) is 0 Å². The molecule has 16 heavy (non-hydrogen) atoms. The summed E-state index contributed by atoms with van der Waals surface area (Å²) in [6.07, 6.45) is 0. The Hall–Kier alpha value is -0.740. The number of likely N-dealkylation sites (N-methyl/N-ethyl adjacent to an activating group) is 1. The van der Waals surface area contributed by atoms with Gasteiger partial charge in [0.25, 0.3) is 0 Å². The molecular formula is C12H17BrN2O. The number of nitrogens with zero attached hydrogens (tertiary/aromatic N) is 2. The number of anilines is 1. The Kier molecular flexibility index (Phi) is 1.07. The van der Waals surface area contributed by atoms with Crippen molar-refractivity contribution in [2.75, 3.05) is 44.9 Å². The largest absolute Gasteiger partial charge is 0.495 e. The molecule has 3 nitrogen and oxygen atoms in total. The molecule has 1 saturated heterocycles. The van der Waals surface area contributed by atoms with Crippen LogP contribution in [-0.4, -0.2) is 44.9 Å². The van der Waals surface area contributed by atoms with E-state index in [2.05, 4.69) is 15.9 Å². The van der Waals surface area contributed by atoms with Crippen molar-refractivity contribution in [2.45, 2.75) is 0 Å². The number of ether oxygens (including phenoxy) is 1. The predicted molar refractivity (Wildman–Crippen MR) is 70.4 cm³/mol. The Morgan fingerprint density at radius 3 is 2.88 bits per heavy atom. The molecule has 4 heteroatoms. The summed E-state index contributed by atoms with van der Waals surface area (Å²) in [5.74, 6) is -0.363. The average molecular weight is 299 g/mol. The standard InChI is InChI=1S/C12H17BrN2O/c1-14-5-7-15(8-6-14)10-3-4-11(13)12(9-10)16-2/h3-4,9H,5-8H2,1-2H3/i1D3,2D3,5D2,6D2,7D2,8D2. The highest BCUT2D eigenvalue weighted by molar-refractivity contribution is 9.10. The molecule has 1 aliphatic heterocycles. The summed E-state index contributed by atoms with van der Waals surface area (Å²) in [5.41, 5.74) is -0.467. The predicted octanol–water partition coefficient (Wildman–Crippen LogP) is 2.21. The van der Waals surface area contributed by atoms with Crippen molar-refractivity contribution < 1.29 is 23.9 Å². The van der Waals surface area contributed by atoms with Crippen LogP contribution in [0, 0.1) is 0 Å². The van der Waals surface area contributed by atoms with Gasteiger partial charge >= 0.3 is 0 Å². The van der Waals surface area contributed by atoms with Gasteiger partial charge in [0.2, 0.25) is 0 Å². The Balaban J connectivity index is 2.76. The fourth-order valence-corrected chi connectivity index (χ4v) is 1.42. The molecule has 0 saturated carbocycles. The Morgan fingerprint density at radius 1 is 1.38 bits per heavy atom. The molecule has 0 aliphatic carbocycles. The third-order valence-electron chi connectivity index (χ3n) is 1.83. The first kappa shape index (κ1) is 3.39. The van der Waals surface area contributed by atoms with Gasteiger partial charge in [-0.1, -0.05) is 0 Å². The Bertz CT molecular complexity index is 792.